The van der Waals surface area contributed by atoms with E-state index in [9.17, 15) is 0 Å². The molecule has 0 N–H and O–H groups in total. The van der Waals surface area contributed by atoms with Gasteiger partial charge < -0.3 is 4.74 Å². The second-order valence-corrected chi connectivity index (χ2v) is 6.79. The smallest absolute Gasteiger partial charge is 0.154 e. The monoisotopic (exact) mass is 392 g/mol. The number of aryl methyl sites for hydroxylation is 1. The van der Waals surface area contributed by atoms with Crippen molar-refractivity contribution in [2.75, 3.05) is 7.11 Å². The van der Waals surface area contributed by atoms with Crippen LogP contribution in [0.4, 0.5) is 0 Å². The number of ether oxygens (including phenoxy) is 1. The molecule has 0 radical (unpaired) electrons. The van der Waals surface area contributed by atoms with Gasteiger partial charge in [0.1, 0.15) is 6.61 Å². The van der Waals surface area contributed by atoms with E-state index < -0.39 is 0 Å². The number of nitrogens with zero attached hydrogens (tertiary/aromatic N) is 2. The molecule has 0 aliphatic carbocycles. The van der Waals surface area contributed by atoms with Crippen molar-refractivity contribution in [2.24, 2.45) is 0 Å². The fourth-order valence-electron chi connectivity index (χ4n) is 2.66. The van der Waals surface area contributed by atoms with Gasteiger partial charge in [0.15, 0.2) is 5.82 Å². The van der Waals surface area contributed by atoms with Crippen LogP contribution in [-0.4, -0.2) is 17.1 Å². The standard InChI is InChI=1S/C19H15Cl3N2O/c1-11-18(12-3-5-13(20)6-4-12)19(24-17(23-11)10-25-2)15-8-7-14(21)9-16(15)22/h3-9H,10H2,1-2H3. The summed E-state index contributed by atoms with van der Waals surface area (Å²) in [6, 6.07) is 12.9. The van der Waals surface area contributed by atoms with Crippen molar-refractivity contribution in [1.82, 2.24) is 9.97 Å². The molecule has 3 aromatic rings. The van der Waals surface area contributed by atoms with Crippen LogP contribution in [0.5, 0.6) is 0 Å². The molecule has 0 spiro atoms. The summed E-state index contributed by atoms with van der Waals surface area (Å²) >= 11 is 18.5. The Balaban J connectivity index is 2.27. The predicted molar refractivity (Wildman–Crippen MR) is 103 cm³/mol. The first-order valence-corrected chi connectivity index (χ1v) is 8.71. The van der Waals surface area contributed by atoms with Crippen LogP contribution in [0.3, 0.4) is 0 Å². The molecule has 0 fully saturated rings. The molecule has 6 heteroatoms. The zero-order valence-corrected chi connectivity index (χ0v) is 16.0. The Bertz CT molecular complexity index is 911. The Morgan fingerprint density at radius 2 is 1.60 bits per heavy atom. The van der Waals surface area contributed by atoms with E-state index in [4.69, 9.17) is 39.5 Å². The first kappa shape index (κ1) is 18.2. The summed E-state index contributed by atoms with van der Waals surface area (Å²) in [5.41, 5.74) is 4.24. The van der Waals surface area contributed by atoms with Crippen molar-refractivity contribution in [3.8, 4) is 22.4 Å². The van der Waals surface area contributed by atoms with Crippen molar-refractivity contribution in [3.63, 3.8) is 0 Å². The number of hydrogen-bond acceptors (Lipinski definition) is 3. The van der Waals surface area contributed by atoms with Crippen LogP contribution in [0, 0.1) is 6.92 Å². The SMILES string of the molecule is COCc1nc(C)c(-c2ccc(Cl)cc2)c(-c2ccc(Cl)cc2Cl)n1. The highest BCUT2D eigenvalue weighted by Gasteiger charge is 2.17. The van der Waals surface area contributed by atoms with Crippen LogP contribution < -0.4 is 0 Å². The van der Waals surface area contributed by atoms with Crippen molar-refractivity contribution in [2.45, 2.75) is 13.5 Å². The van der Waals surface area contributed by atoms with Crippen LogP contribution in [0.25, 0.3) is 22.4 Å². The zero-order valence-electron chi connectivity index (χ0n) is 13.7. The normalized spacial score (nSPS) is 10.9. The molecule has 0 saturated carbocycles. The van der Waals surface area contributed by atoms with Crippen molar-refractivity contribution in [3.05, 3.63) is 69.1 Å². The van der Waals surface area contributed by atoms with Gasteiger partial charge in [-0.05, 0) is 42.8 Å². The highest BCUT2D eigenvalue weighted by atomic mass is 35.5. The number of halogens is 3. The van der Waals surface area contributed by atoms with E-state index in [2.05, 4.69) is 9.97 Å². The molecule has 1 heterocycles. The first-order valence-electron chi connectivity index (χ1n) is 7.57. The van der Waals surface area contributed by atoms with Gasteiger partial charge in [0.2, 0.25) is 0 Å². The van der Waals surface area contributed by atoms with Crippen LogP contribution >= 0.6 is 34.8 Å². The van der Waals surface area contributed by atoms with E-state index in [0.717, 1.165) is 28.1 Å². The second-order valence-electron chi connectivity index (χ2n) is 5.51. The van der Waals surface area contributed by atoms with Gasteiger partial charge >= 0.3 is 0 Å². The lowest BCUT2D eigenvalue weighted by Gasteiger charge is -2.15. The van der Waals surface area contributed by atoms with Gasteiger partial charge in [-0.3, -0.25) is 0 Å². The molecule has 0 unspecified atom stereocenters. The van der Waals surface area contributed by atoms with E-state index in [1.807, 2.05) is 37.3 Å². The fraction of sp³-hybridized carbons (Fsp3) is 0.158. The minimum atomic E-state index is 0.319. The van der Waals surface area contributed by atoms with E-state index >= 15 is 0 Å². The fourth-order valence-corrected chi connectivity index (χ4v) is 3.29. The van der Waals surface area contributed by atoms with Crippen LogP contribution in [0.1, 0.15) is 11.5 Å². The lowest BCUT2D eigenvalue weighted by molar-refractivity contribution is 0.177. The summed E-state index contributed by atoms with van der Waals surface area (Å²) in [7, 11) is 1.61. The van der Waals surface area contributed by atoms with Crippen LogP contribution in [-0.2, 0) is 11.3 Å². The summed E-state index contributed by atoms with van der Waals surface area (Å²) in [5.74, 6) is 0.596. The number of methoxy groups -OCH3 is 1. The van der Waals surface area contributed by atoms with Gasteiger partial charge in [0.05, 0.1) is 10.7 Å². The van der Waals surface area contributed by atoms with Crippen molar-refractivity contribution in [1.29, 1.82) is 0 Å². The third kappa shape index (κ3) is 3.96. The summed E-state index contributed by atoms with van der Waals surface area (Å²) in [4.78, 5) is 9.24. The Morgan fingerprint density at radius 3 is 2.24 bits per heavy atom. The van der Waals surface area contributed by atoms with Gasteiger partial charge in [0.25, 0.3) is 0 Å². The Labute approximate surface area is 161 Å². The number of rotatable bonds is 4. The van der Waals surface area contributed by atoms with Gasteiger partial charge in [-0.2, -0.15) is 0 Å². The van der Waals surface area contributed by atoms with Gasteiger partial charge in [0, 0.05) is 34.0 Å². The Morgan fingerprint density at radius 1 is 0.920 bits per heavy atom. The van der Waals surface area contributed by atoms with E-state index in [-0.39, 0.29) is 0 Å². The maximum absolute atomic E-state index is 6.43. The molecule has 2 aromatic carbocycles. The molecule has 0 atom stereocenters. The molecule has 25 heavy (non-hydrogen) atoms. The maximum Gasteiger partial charge on any atom is 0.154 e. The average molecular weight is 394 g/mol. The minimum absolute atomic E-state index is 0.319. The first-order chi connectivity index (χ1) is 12.0. The third-order valence-corrected chi connectivity index (χ3v) is 4.53. The highest BCUT2D eigenvalue weighted by Crippen LogP contribution is 2.37. The molecule has 3 nitrogen and oxygen atoms in total. The maximum atomic E-state index is 6.43. The molecule has 3 rings (SSSR count). The number of aromatic nitrogens is 2. The largest absolute Gasteiger partial charge is 0.377 e. The zero-order chi connectivity index (χ0) is 18.0. The summed E-state index contributed by atoms with van der Waals surface area (Å²) in [6.45, 7) is 2.26. The lowest BCUT2D eigenvalue weighted by atomic mass is 9.98. The van der Waals surface area contributed by atoms with E-state index in [1.165, 1.54) is 0 Å². The summed E-state index contributed by atoms with van der Waals surface area (Å²) < 4.78 is 5.19. The van der Waals surface area contributed by atoms with Gasteiger partial charge in [-0.25, -0.2) is 9.97 Å². The van der Waals surface area contributed by atoms with Crippen LogP contribution in [0.2, 0.25) is 15.1 Å². The molecular weight excluding hydrogens is 379 g/mol. The number of benzene rings is 2. The topological polar surface area (TPSA) is 35.0 Å². The van der Waals surface area contributed by atoms with Crippen LogP contribution in [0.15, 0.2) is 42.5 Å². The van der Waals surface area contributed by atoms with Crippen molar-refractivity contribution < 1.29 is 4.74 Å². The minimum Gasteiger partial charge on any atom is -0.377 e. The lowest BCUT2D eigenvalue weighted by Crippen LogP contribution is -2.04. The molecular formula is C19H15Cl3N2O. The highest BCUT2D eigenvalue weighted by molar-refractivity contribution is 6.36. The summed E-state index contributed by atoms with van der Waals surface area (Å²) in [6.07, 6.45) is 0. The molecule has 1 aromatic heterocycles. The molecule has 0 aliphatic heterocycles. The van der Waals surface area contributed by atoms with Gasteiger partial charge in [-0.1, -0.05) is 46.9 Å². The van der Waals surface area contributed by atoms with Crippen molar-refractivity contribution >= 4 is 34.8 Å². The average Bonchev–Trinajstić information content (AvgIpc) is 2.56. The molecule has 0 saturated heterocycles. The molecule has 128 valence electrons. The molecule has 0 amide bonds. The third-order valence-electron chi connectivity index (χ3n) is 3.73. The second kappa shape index (κ2) is 7.71. The molecule has 0 aliphatic rings. The Kier molecular flexibility index (Phi) is 5.60. The predicted octanol–water partition coefficient (Wildman–Crippen LogP) is 6.23. The summed E-state index contributed by atoms with van der Waals surface area (Å²) in [5, 5.41) is 1.78. The number of hydrogen-bond donors (Lipinski definition) is 0. The quantitative estimate of drug-likeness (QED) is 0.527. The van der Waals surface area contributed by atoms with E-state index in [0.29, 0.717) is 27.5 Å². The Hall–Kier alpha value is -1.65. The molecule has 0 bridgehead atoms. The van der Waals surface area contributed by atoms with Gasteiger partial charge in [-0.15, -0.1) is 0 Å². The van der Waals surface area contributed by atoms with E-state index in [1.54, 1.807) is 19.2 Å².